The number of fused-ring (bicyclic) bond motifs is 1. The van der Waals surface area contributed by atoms with Gasteiger partial charge in [-0.05, 0) is 57.6 Å². The van der Waals surface area contributed by atoms with Crippen molar-refractivity contribution in [3.63, 3.8) is 0 Å². The largest absolute Gasteiger partial charge is 0.252 e. The molecule has 0 unspecified atom stereocenters. The molecule has 0 spiro atoms. The number of pyridine rings is 1. The molecule has 1 heterocycles. The van der Waals surface area contributed by atoms with Crippen LogP contribution in [0.1, 0.15) is 5.69 Å². The fourth-order valence-electron chi connectivity index (χ4n) is 1.29. The lowest BCUT2D eigenvalue weighted by molar-refractivity contribution is 1.22. The first-order chi connectivity index (χ1) is 6.59. The Balaban J connectivity index is 2.91. The van der Waals surface area contributed by atoms with Crippen LogP contribution in [-0.4, -0.2) is 4.98 Å². The van der Waals surface area contributed by atoms with E-state index in [-0.39, 0.29) is 0 Å². The molecule has 0 saturated heterocycles. The summed E-state index contributed by atoms with van der Waals surface area (Å²) in [6.07, 6.45) is 0. The summed E-state index contributed by atoms with van der Waals surface area (Å²) in [4.78, 5) is 4.47. The van der Waals surface area contributed by atoms with Gasteiger partial charge in [0.25, 0.3) is 0 Å². The van der Waals surface area contributed by atoms with Gasteiger partial charge in [0.2, 0.25) is 0 Å². The standard InChI is InChI=1S/C10H6BrClIN/c1-5-10(13)9(11)7-3-2-6(12)4-8(7)14-5/h2-4H,1H3. The Morgan fingerprint density at radius 2 is 2.14 bits per heavy atom. The van der Waals surface area contributed by atoms with E-state index in [0.29, 0.717) is 0 Å². The first kappa shape index (κ1) is 10.6. The number of hydrogen-bond donors (Lipinski definition) is 0. The quantitative estimate of drug-likeness (QED) is 0.609. The highest BCUT2D eigenvalue weighted by molar-refractivity contribution is 14.1. The van der Waals surface area contributed by atoms with Gasteiger partial charge in [0.15, 0.2) is 0 Å². The summed E-state index contributed by atoms with van der Waals surface area (Å²) in [5.74, 6) is 0. The van der Waals surface area contributed by atoms with Crippen molar-refractivity contribution in [1.29, 1.82) is 0 Å². The van der Waals surface area contributed by atoms with Gasteiger partial charge in [0, 0.05) is 18.5 Å². The second-order valence-corrected chi connectivity index (χ2v) is 5.29. The van der Waals surface area contributed by atoms with Crippen LogP contribution in [0.15, 0.2) is 22.7 Å². The zero-order chi connectivity index (χ0) is 10.3. The molecule has 0 atom stereocenters. The SMILES string of the molecule is Cc1nc2cc(Cl)ccc2c(Br)c1I. The third kappa shape index (κ3) is 1.77. The molecule has 0 fully saturated rings. The van der Waals surface area contributed by atoms with Gasteiger partial charge in [0.1, 0.15) is 0 Å². The second kappa shape index (κ2) is 3.94. The molecule has 4 heteroatoms. The number of hydrogen-bond acceptors (Lipinski definition) is 1. The van der Waals surface area contributed by atoms with E-state index in [1.165, 1.54) is 0 Å². The Hall–Kier alpha value is 0.130. The predicted molar refractivity (Wildman–Crippen MR) is 71.9 cm³/mol. The van der Waals surface area contributed by atoms with E-state index in [4.69, 9.17) is 11.6 Å². The highest BCUT2D eigenvalue weighted by atomic mass is 127. The Morgan fingerprint density at radius 3 is 2.86 bits per heavy atom. The van der Waals surface area contributed by atoms with Gasteiger partial charge in [-0.25, -0.2) is 0 Å². The molecule has 0 aliphatic heterocycles. The van der Waals surface area contributed by atoms with E-state index in [0.717, 1.165) is 29.7 Å². The summed E-state index contributed by atoms with van der Waals surface area (Å²) in [7, 11) is 0. The van der Waals surface area contributed by atoms with Crippen LogP contribution in [0.2, 0.25) is 5.02 Å². The van der Waals surface area contributed by atoms with Crippen LogP contribution in [-0.2, 0) is 0 Å². The molecular weight excluding hydrogens is 376 g/mol. The van der Waals surface area contributed by atoms with Crippen LogP contribution in [0.25, 0.3) is 10.9 Å². The fourth-order valence-corrected chi connectivity index (χ4v) is 2.49. The molecule has 2 aromatic rings. The van der Waals surface area contributed by atoms with Crippen LogP contribution in [0.4, 0.5) is 0 Å². The molecule has 0 saturated carbocycles. The van der Waals surface area contributed by atoms with Gasteiger partial charge in [-0.1, -0.05) is 17.7 Å². The van der Waals surface area contributed by atoms with Crippen LogP contribution in [0, 0.1) is 10.5 Å². The Morgan fingerprint density at radius 1 is 1.43 bits per heavy atom. The molecule has 0 radical (unpaired) electrons. The van der Waals surface area contributed by atoms with Crippen LogP contribution in [0.5, 0.6) is 0 Å². The van der Waals surface area contributed by atoms with Gasteiger partial charge in [-0.15, -0.1) is 0 Å². The maximum Gasteiger partial charge on any atom is 0.0732 e. The van der Waals surface area contributed by atoms with E-state index in [1.807, 2.05) is 25.1 Å². The highest BCUT2D eigenvalue weighted by Gasteiger charge is 2.07. The average molecular weight is 382 g/mol. The number of rotatable bonds is 0. The molecule has 0 amide bonds. The second-order valence-electron chi connectivity index (χ2n) is 2.99. The average Bonchev–Trinajstić information content (AvgIpc) is 2.14. The van der Waals surface area contributed by atoms with E-state index in [1.54, 1.807) is 0 Å². The minimum atomic E-state index is 0.720. The molecule has 0 aliphatic carbocycles. The van der Waals surface area contributed by atoms with E-state index in [2.05, 4.69) is 43.5 Å². The molecule has 0 N–H and O–H groups in total. The number of aryl methyl sites for hydroxylation is 1. The molecule has 14 heavy (non-hydrogen) atoms. The van der Waals surface area contributed by atoms with Gasteiger partial charge >= 0.3 is 0 Å². The van der Waals surface area contributed by atoms with Gasteiger partial charge < -0.3 is 0 Å². The van der Waals surface area contributed by atoms with E-state index in [9.17, 15) is 0 Å². The monoisotopic (exact) mass is 381 g/mol. The summed E-state index contributed by atoms with van der Waals surface area (Å²) in [5, 5.41) is 1.82. The van der Waals surface area contributed by atoms with Crippen LogP contribution < -0.4 is 0 Å². The fraction of sp³-hybridized carbons (Fsp3) is 0.100. The number of aromatic nitrogens is 1. The Bertz CT molecular complexity index is 513. The third-order valence-electron chi connectivity index (χ3n) is 1.99. The molecule has 0 aliphatic rings. The molecule has 1 nitrogen and oxygen atoms in total. The first-order valence-corrected chi connectivity index (χ1v) is 6.25. The summed E-state index contributed by atoms with van der Waals surface area (Å²) in [6.45, 7) is 1.99. The van der Waals surface area contributed by atoms with E-state index < -0.39 is 0 Å². The third-order valence-corrected chi connectivity index (χ3v) is 5.11. The normalized spacial score (nSPS) is 10.9. The van der Waals surface area contributed by atoms with Crippen molar-refractivity contribution in [1.82, 2.24) is 4.98 Å². The summed E-state index contributed by atoms with van der Waals surface area (Å²) in [5.41, 5.74) is 1.95. The van der Waals surface area contributed by atoms with Crippen molar-refractivity contribution in [2.45, 2.75) is 6.92 Å². The van der Waals surface area contributed by atoms with E-state index >= 15 is 0 Å². The van der Waals surface area contributed by atoms with Crippen molar-refractivity contribution in [3.8, 4) is 0 Å². The van der Waals surface area contributed by atoms with Gasteiger partial charge in [0.05, 0.1) is 11.2 Å². The van der Waals surface area contributed by atoms with Crippen molar-refractivity contribution in [2.75, 3.05) is 0 Å². The number of benzene rings is 1. The Labute approximate surface area is 109 Å². The van der Waals surface area contributed by atoms with Crippen LogP contribution in [0.3, 0.4) is 0 Å². The highest BCUT2D eigenvalue weighted by Crippen LogP contribution is 2.30. The molecule has 1 aromatic carbocycles. The maximum absolute atomic E-state index is 5.91. The lowest BCUT2D eigenvalue weighted by atomic mass is 10.2. The number of halogens is 3. The molecule has 2 rings (SSSR count). The maximum atomic E-state index is 5.91. The van der Waals surface area contributed by atoms with Crippen molar-refractivity contribution < 1.29 is 0 Å². The van der Waals surface area contributed by atoms with Crippen LogP contribution >= 0.6 is 50.1 Å². The molecule has 1 aromatic heterocycles. The molecular formula is C10H6BrClIN. The topological polar surface area (TPSA) is 12.9 Å². The molecule has 0 bridgehead atoms. The minimum Gasteiger partial charge on any atom is -0.252 e. The molecule has 72 valence electrons. The first-order valence-electron chi connectivity index (χ1n) is 4.00. The number of nitrogens with zero attached hydrogens (tertiary/aromatic N) is 1. The van der Waals surface area contributed by atoms with Crippen molar-refractivity contribution >= 4 is 61.0 Å². The summed E-state index contributed by atoms with van der Waals surface area (Å²) in [6, 6.07) is 5.74. The smallest absolute Gasteiger partial charge is 0.0732 e. The van der Waals surface area contributed by atoms with Crippen molar-refractivity contribution in [3.05, 3.63) is 37.0 Å². The summed E-state index contributed by atoms with van der Waals surface area (Å²) >= 11 is 11.8. The zero-order valence-electron chi connectivity index (χ0n) is 7.31. The lowest BCUT2D eigenvalue weighted by Gasteiger charge is -2.05. The summed E-state index contributed by atoms with van der Waals surface area (Å²) < 4.78 is 2.25. The minimum absolute atomic E-state index is 0.720. The Kier molecular flexibility index (Phi) is 3.00. The van der Waals surface area contributed by atoms with Crippen molar-refractivity contribution in [2.24, 2.45) is 0 Å². The van der Waals surface area contributed by atoms with Gasteiger partial charge in [-0.3, -0.25) is 4.98 Å². The zero-order valence-corrected chi connectivity index (χ0v) is 11.8. The lowest BCUT2D eigenvalue weighted by Crippen LogP contribution is -1.90. The predicted octanol–water partition coefficient (Wildman–Crippen LogP) is 4.56. The van der Waals surface area contributed by atoms with Gasteiger partial charge in [-0.2, -0.15) is 0 Å².